The van der Waals surface area contributed by atoms with Crippen LogP contribution in [0.3, 0.4) is 0 Å². The monoisotopic (exact) mass is 374 g/mol. The number of aromatic nitrogens is 2. The van der Waals surface area contributed by atoms with Crippen molar-refractivity contribution in [1.29, 1.82) is 0 Å². The number of carbonyl (C=O) groups excluding carboxylic acids is 1. The first-order valence-electron chi connectivity index (χ1n) is 9.35. The maximum absolute atomic E-state index is 12.7. The SMILES string of the molecule is CC(C)CC(NC(=O)c1ccn(C2CCCNC2)n1)c1ccc(Cl)cc1. The Hall–Kier alpha value is -1.85. The number of hydrogen-bond donors (Lipinski definition) is 2. The zero-order chi connectivity index (χ0) is 18.5. The fraction of sp³-hybridized carbons (Fsp3) is 0.500. The molecule has 2 heterocycles. The van der Waals surface area contributed by atoms with E-state index in [0.717, 1.165) is 37.9 Å². The zero-order valence-corrected chi connectivity index (χ0v) is 16.2. The Morgan fingerprint density at radius 1 is 1.35 bits per heavy atom. The Morgan fingerprint density at radius 2 is 2.12 bits per heavy atom. The van der Waals surface area contributed by atoms with Crippen molar-refractivity contribution in [2.24, 2.45) is 5.92 Å². The van der Waals surface area contributed by atoms with Gasteiger partial charge in [0.15, 0.2) is 0 Å². The average Bonchev–Trinajstić information content (AvgIpc) is 3.12. The molecule has 26 heavy (non-hydrogen) atoms. The van der Waals surface area contributed by atoms with Crippen molar-refractivity contribution in [2.75, 3.05) is 13.1 Å². The molecular weight excluding hydrogens is 348 g/mol. The standard InChI is InChI=1S/C20H27ClN4O/c1-14(2)12-19(15-5-7-16(21)8-6-15)23-20(26)18-9-11-25(24-18)17-4-3-10-22-13-17/h5-9,11,14,17,19,22H,3-4,10,12-13H2,1-2H3,(H,23,26). The van der Waals surface area contributed by atoms with Gasteiger partial charge < -0.3 is 10.6 Å². The first kappa shape index (κ1) is 18.9. The largest absolute Gasteiger partial charge is 0.344 e. The van der Waals surface area contributed by atoms with E-state index in [-0.39, 0.29) is 11.9 Å². The third-order valence-electron chi connectivity index (χ3n) is 4.77. The molecule has 2 unspecified atom stereocenters. The second-order valence-electron chi connectivity index (χ2n) is 7.39. The van der Waals surface area contributed by atoms with Crippen molar-refractivity contribution >= 4 is 17.5 Å². The molecule has 2 aromatic rings. The number of amides is 1. The number of benzene rings is 1. The molecule has 1 amide bonds. The summed E-state index contributed by atoms with van der Waals surface area (Å²) in [6, 6.07) is 9.75. The van der Waals surface area contributed by atoms with E-state index in [1.165, 1.54) is 0 Å². The Balaban J connectivity index is 1.71. The summed E-state index contributed by atoms with van der Waals surface area (Å²) in [6.45, 7) is 6.27. The number of halogens is 1. The van der Waals surface area contributed by atoms with E-state index in [1.54, 1.807) is 6.07 Å². The van der Waals surface area contributed by atoms with Gasteiger partial charge in [-0.25, -0.2) is 0 Å². The van der Waals surface area contributed by atoms with Crippen LogP contribution in [0.15, 0.2) is 36.5 Å². The van der Waals surface area contributed by atoms with Crippen LogP contribution < -0.4 is 10.6 Å². The molecule has 0 saturated carbocycles. The van der Waals surface area contributed by atoms with E-state index in [1.807, 2.05) is 35.1 Å². The van der Waals surface area contributed by atoms with Crippen LogP contribution in [-0.2, 0) is 0 Å². The van der Waals surface area contributed by atoms with Crippen molar-refractivity contribution in [3.8, 4) is 0 Å². The van der Waals surface area contributed by atoms with Crippen LogP contribution >= 0.6 is 11.6 Å². The lowest BCUT2D eigenvalue weighted by Gasteiger charge is -2.23. The molecule has 3 rings (SSSR count). The topological polar surface area (TPSA) is 59.0 Å². The molecule has 1 aromatic carbocycles. The zero-order valence-electron chi connectivity index (χ0n) is 15.4. The number of carbonyl (C=O) groups is 1. The van der Waals surface area contributed by atoms with Crippen molar-refractivity contribution in [3.63, 3.8) is 0 Å². The molecule has 0 bridgehead atoms. The van der Waals surface area contributed by atoms with Gasteiger partial charge in [-0.15, -0.1) is 0 Å². The van der Waals surface area contributed by atoms with Gasteiger partial charge in [-0.3, -0.25) is 9.48 Å². The first-order valence-corrected chi connectivity index (χ1v) is 9.73. The quantitative estimate of drug-likeness (QED) is 0.804. The third-order valence-corrected chi connectivity index (χ3v) is 5.02. The van der Waals surface area contributed by atoms with Gasteiger partial charge in [0, 0.05) is 17.8 Å². The van der Waals surface area contributed by atoms with Gasteiger partial charge in [0.2, 0.25) is 0 Å². The Bertz CT molecular complexity index is 720. The second-order valence-corrected chi connectivity index (χ2v) is 7.82. The Labute approximate surface area is 160 Å². The molecular formula is C20H27ClN4O. The highest BCUT2D eigenvalue weighted by molar-refractivity contribution is 6.30. The predicted octanol–water partition coefficient (Wildman–Crippen LogP) is 3.98. The summed E-state index contributed by atoms with van der Waals surface area (Å²) in [5.74, 6) is 0.329. The van der Waals surface area contributed by atoms with Crippen LogP contribution in [-0.4, -0.2) is 28.8 Å². The lowest BCUT2D eigenvalue weighted by molar-refractivity contribution is 0.0925. The summed E-state index contributed by atoms with van der Waals surface area (Å²) in [5, 5.41) is 11.7. The van der Waals surface area contributed by atoms with Crippen molar-refractivity contribution in [3.05, 3.63) is 52.8 Å². The summed E-state index contributed by atoms with van der Waals surface area (Å²) in [4.78, 5) is 12.7. The smallest absolute Gasteiger partial charge is 0.272 e. The van der Waals surface area contributed by atoms with Gasteiger partial charge in [0.1, 0.15) is 5.69 Å². The van der Waals surface area contributed by atoms with Gasteiger partial charge in [0.25, 0.3) is 5.91 Å². The molecule has 1 aromatic heterocycles. The number of nitrogens with zero attached hydrogens (tertiary/aromatic N) is 2. The van der Waals surface area contributed by atoms with E-state index in [0.29, 0.717) is 22.7 Å². The number of piperidine rings is 1. The lowest BCUT2D eigenvalue weighted by Crippen LogP contribution is -2.32. The van der Waals surface area contributed by atoms with Crippen LogP contribution in [0.25, 0.3) is 0 Å². The van der Waals surface area contributed by atoms with Gasteiger partial charge in [0.05, 0.1) is 12.1 Å². The van der Waals surface area contributed by atoms with E-state index in [9.17, 15) is 4.79 Å². The summed E-state index contributed by atoms with van der Waals surface area (Å²) in [6.07, 6.45) is 5.00. The van der Waals surface area contributed by atoms with Crippen LogP contribution in [0.1, 0.15) is 61.2 Å². The molecule has 1 saturated heterocycles. The van der Waals surface area contributed by atoms with E-state index in [4.69, 9.17) is 11.6 Å². The summed E-state index contributed by atoms with van der Waals surface area (Å²) in [7, 11) is 0. The minimum absolute atomic E-state index is 0.0544. The van der Waals surface area contributed by atoms with Crippen molar-refractivity contribution in [1.82, 2.24) is 20.4 Å². The first-order chi connectivity index (χ1) is 12.5. The van der Waals surface area contributed by atoms with Crippen molar-refractivity contribution in [2.45, 2.75) is 45.2 Å². The summed E-state index contributed by atoms with van der Waals surface area (Å²) < 4.78 is 1.92. The van der Waals surface area contributed by atoms with Crippen LogP contribution in [0.2, 0.25) is 5.02 Å². The molecule has 5 nitrogen and oxygen atoms in total. The molecule has 1 aliphatic heterocycles. The van der Waals surface area contributed by atoms with Crippen LogP contribution in [0.4, 0.5) is 0 Å². The number of nitrogens with one attached hydrogen (secondary N) is 2. The molecule has 0 radical (unpaired) electrons. The average molecular weight is 375 g/mol. The Morgan fingerprint density at radius 3 is 2.77 bits per heavy atom. The van der Waals surface area contributed by atoms with Gasteiger partial charge in [-0.1, -0.05) is 37.6 Å². The van der Waals surface area contributed by atoms with E-state index < -0.39 is 0 Å². The highest BCUT2D eigenvalue weighted by Gasteiger charge is 2.21. The molecule has 1 aliphatic rings. The van der Waals surface area contributed by atoms with Crippen LogP contribution in [0.5, 0.6) is 0 Å². The molecule has 1 fully saturated rings. The third kappa shape index (κ3) is 4.86. The lowest BCUT2D eigenvalue weighted by atomic mass is 9.97. The molecule has 140 valence electrons. The van der Waals surface area contributed by atoms with Crippen molar-refractivity contribution < 1.29 is 4.79 Å². The highest BCUT2D eigenvalue weighted by Crippen LogP contribution is 2.23. The van der Waals surface area contributed by atoms with E-state index in [2.05, 4.69) is 29.6 Å². The molecule has 2 N–H and O–H groups in total. The maximum Gasteiger partial charge on any atom is 0.272 e. The van der Waals surface area contributed by atoms with Crippen LogP contribution in [0, 0.1) is 5.92 Å². The molecule has 0 spiro atoms. The number of rotatable bonds is 6. The normalized spacial score (nSPS) is 18.7. The van der Waals surface area contributed by atoms with E-state index >= 15 is 0 Å². The molecule has 2 atom stereocenters. The second kappa shape index (κ2) is 8.69. The Kier molecular flexibility index (Phi) is 6.33. The predicted molar refractivity (Wildman–Crippen MR) is 104 cm³/mol. The van der Waals surface area contributed by atoms with Gasteiger partial charge in [-0.05, 0) is 55.5 Å². The minimum atomic E-state index is -0.131. The summed E-state index contributed by atoms with van der Waals surface area (Å²) >= 11 is 6.00. The minimum Gasteiger partial charge on any atom is -0.344 e. The fourth-order valence-electron chi connectivity index (χ4n) is 3.40. The fourth-order valence-corrected chi connectivity index (χ4v) is 3.52. The summed E-state index contributed by atoms with van der Waals surface area (Å²) in [5.41, 5.74) is 1.53. The van der Waals surface area contributed by atoms with Gasteiger partial charge in [-0.2, -0.15) is 5.10 Å². The number of hydrogen-bond acceptors (Lipinski definition) is 3. The molecule has 6 heteroatoms. The molecule has 0 aliphatic carbocycles. The maximum atomic E-state index is 12.7. The van der Waals surface area contributed by atoms with Gasteiger partial charge >= 0.3 is 0 Å². The highest BCUT2D eigenvalue weighted by atomic mass is 35.5.